The van der Waals surface area contributed by atoms with Gasteiger partial charge in [-0.15, -0.1) is 0 Å². The van der Waals surface area contributed by atoms with Crippen molar-refractivity contribution in [3.8, 4) is 11.5 Å². The first-order valence-electron chi connectivity index (χ1n) is 20.4. The predicted octanol–water partition coefficient (Wildman–Crippen LogP) is 13.4. The molecule has 2 aliphatic rings. The van der Waals surface area contributed by atoms with Crippen molar-refractivity contribution in [3.63, 3.8) is 0 Å². The number of hydrogen-bond acceptors (Lipinski definition) is 6. The Kier molecular flexibility index (Phi) is 13.3. The van der Waals surface area contributed by atoms with Crippen LogP contribution in [0.5, 0.6) is 11.5 Å². The minimum atomic E-state index is -3.61. The van der Waals surface area contributed by atoms with Gasteiger partial charge in [-0.1, -0.05) is 104 Å². The van der Waals surface area contributed by atoms with Gasteiger partial charge < -0.3 is 19.3 Å². The SMILES string of the molecule is CC.COc1ccc(N(C2=CCC=C(c3ccc(N(C4=CCC(Oc5ccc(S(=O)(=O)c6ccc(C)cc6)cc5)C=C4)c4ccccc4)cc3)C=C2)c2ccccc2)cc1. The molecule has 7 heteroatoms. The number of allylic oxidation sites excluding steroid dienone is 6. The lowest BCUT2D eigenvalue weighted by molar-refractivity contribution is 0.251. The standard InChI is InChI=1S/C51H44N2O4S.C2H6/c1-38-16-34-50(35-17-38)58(54,55)51-36-32-49(33-37-51)57-48-30-26-46(27-31-48)53(42-13-7-4-8-14-42)44-22-19-40(20-23-44)39-10-9-15-43(21-18-39)52(41-11-5-3-6-12-41)45-24-28-47(56-2)29-25-45;1-2/h3-8,10-30,32-37,48H,9,31H2,1-2H3;1-2H3. The van der Waals surface area contributed by atoms with Crippen molar-refractivity contribution >= 4 is 38.2 Å². The number of ether oxygens (including phenoxy) is 2. The number of aryl methyl sites for hydroxylation is 1. The number of hydrogen-bond donors (Lipinski definition) is 0. The van der Waals surface area contributed by atoms with Crippen molar-refractivity contribution < 1.29 is 17.9 Å². The number of methoxy groups -OCH3 is 1. The minimum Gasteiger partial charge on any atom is -0.497 e. The van der Waals surface area contributed by atoms with Crippen LogP contribution in [0.2, 0.25) is 0 Å². The van der Waals surface area contributed by atoms with Crippen molar-refractivity contribution in [3.05, 3.63) is 223 Å². The predicted molar refractivity (Wildman–Crippen MR) is 247 cm³/mol. The number of benzene rings is 6. The number of rotatable bonds is 12. The fraction of sp³-hybridized carbons (Fsp3) is 0.132. The summed E-state index contributed by atoms with van der Waals surface area (Å²) in [6, 6.07) is 51.2. The lowest BCUT2D eigenvalue weighted by Crippen LogP contribution is -2.21. The van der Waals surface area contributed by atoms with Crippen molar-refractivity contribution in [2.45, 2.75) is 49.5 Å². The van der Waals surface area contributed by atoms with Crippen molar-refractivity contribution in [1.29, 1.82) is 0 Å². The zero-order valence-electron chi connectivity index (χ0n) is 34.5. The quantitative estimate of drug-likeness (QED) is 0.123. The van der Waals surface area contributed by atoms with Crippen LogP contribution in [0.25, 0.3) is 5.57 Å². The zero-order valence-corrected chi connectivity index (χ0v) is 35.3. The van der Waals surface area contributed by atoms with Gasteiger partial charge in [-0.2, -0.15) is 0 Å². The molecule has 0 heterocycles. The molecule has 0 bridgehead atoms. The zero-order chi connectivity index (χ0) is 41.9. The summed E-state index contributed by atoms with van der Waals surface area (Å²) in [6.07, 6.45) is 16.5. The number of para-hydroxylation sites is 2. The summed E-state index contributed by atoms with van der Waals surface area (Å²) in [5, 5.41) is 0. The van der Waals surface area contributed by atoms with Crippen molar-refractivity contribution in [2.75, 3.05) is 16.9 Å². The molecule has 6 aromatic carbocycles. The molecule has 1 unspecified atom stereocenters. The van der Waals surface area contributed by atoms with Crippen molar-refractivity contribution in [1.82, 2.24) is 0 Å². The van der Waals surface area contributed by atoms with Gasteiger partial charge in [-0.25, -0.2) is 8.42 Å². The van der Waals surface area contributed by atoms with Gasteiger partial charge in [0.25, 0.3) is 0 Å². The summed E-state index contributed by atoms with van der Waals surface area (Å²) in [5.41, 5.74) is 9.68. The maximum atomic E-state index is 13.2. The fourth-order valence-corrected chi connectivity index (χ4v) is 8.41. The summed E-state index contributed by atoms with van der Waals surface area (Å²) in [7, 11) is -1.93. The van der Waals surface area contributed by atoms with Gasteiger partial charge in [-0.3, -0.25) is 0 Å². The number of anilines is 4. The number of nitrogens with zero attached hydrogens (tertiary/aromatic N) is 2. The Labute approximate surface area is 355 Å². The van der Waals surface area contributed by atoms with E-state index in [0.29, 0.717) is 12.2 Å². The summed E-state index contributed by atoms with van der Waals surface area (Å²) < 4.78 is 38.0. The van der Waals surface area contributed by atoms with Crippen molar-refractivity contribution in [2.24, 2.45) is 0 Å². The molecule has 0 radical (unpaired) electrons. The highest BCUT2D eigenvalue weighted by Gasteiger charge is 2.21. The molecule has 302 valence electrons. The second kappa shape index (κ2) is 19.3. The number of sulfone groups is 1. The highest BCUT2D eigenvalue weighted by atomic mass is 32.2. The van der Waals surface area contributed by atoms with Crippen LogP contribution < -0.4 is 19.3 Å². The molecule has 0 fully saturated rings. The maximum Gasteiger partial charge on any atom is 0.206 e. The van der Waals surface area contributed by atoms with Crippen LogP contribution in [0.3, 0.4) is 0 Å². The summed E-state index contributed by atoms with van der Waals surface area (Å²) in [5.74, 6) is 1.44. The van der Waals surface area contributed by atoms with Crippen LogP contribution in [0.4, 0.5) is 22.7 Å². The van der Waals surface area contributed by atoms with Gasteiger partial charge >= 0.3 is 0 Å². The summed E-state index contributed by atoms with van der Waals surface area (Å²) >= 11 is 0. The summed E-state index contributed by atoms with van der Waals surface area (Å²) in [4.78, 5) is 5.04. The molecule has 6 aromatic rings. The van der Waals surface area contributed by atoms with Gasteiger partial charge in [-0.05, 0) is 140 Å². The molecule has 60 heavy (non-hydrogen) atoms. The third-order valence-corrected chi connectivity index (χ3v) is 12.0. The highest BCUT2D eigenvalue weighted by molar-refractivity contribution is 7.91. The van der Waals surface area contributed by atoms with E-state index in [-0.39, 0.29) is 15.9 Å². The molecule has 0 aromatic heterocycles. The third-order valence-electron chi connectivity index (χ3n) is 10.2. The van der Waals surface area contributed by atoms with Crippen LogP contribution in [-0.4, -0.2) is 21.6 Å². The molecule has 0 amide bonds. The van der Waals surface area contributed by atoms with E-state index in [2.05, 4.69) is 137 Å². The highest BCUT2D eigenvalue weighted by Crippen LogP contribution is 2.36. The largest absolute Gasteiger partial charge is 0.497 e. The lowest BCUT2D eigenvalue weighted by Gasteiger charge is -2.29. The molecule has 0 N–H and O–H groups in total. The third kappa shape index (κ3) is 9.54. The molecule has 0 saturated carbocycles. The van der Waals surface area contributed by atoms with Crippen LogP contribution in [0.15, 0.2) is 221 Å². The van der Waals surface area contributed by atoms with E-state index in [4.69, 9.17) is 9.47 Å². The maximum absolute atomic E-state index is 13.2. The van der Waals surface area contributed by atoms with Gasteiger partial charge in [0.1, 0.15) is 17.6 Å². The fourth-order valence-electron chi connectivity index (χ4n) is 7.15. The minimum absolute atomic E-state index is 0.196. The van der Waals surface area contributed by atoms with E-state index in [0.717, 1.165) is 63.0 Å². The Morgan fingerprint density at radius 1 is 0.533 bits per heavy atom. The second-order valence-corrected chi connectivity index (χ2v) is 16.1. The smallest absolute Gasteiger partial charge is 0.206 e. The Morgan fingerprint density at radius 2 is 1.03 bits per heavy atom. The molecular formula is C53H50N2O4S. The average Bonchev–Trinajstić information content (AvgIpc) is 3.56. The Morgan fingerprint density at radius 3 is 1.57 bits per heavy atom. The normalized spacial score (nSPS) is 14.7. The topological polar surface area (TPSA) is 59.1 Å². The summed E-state index contributed by atoms with van der Waals surface area (Å²) in [6.45, 7) is 5.93. The van der Waals surface area contributed by atoms with Crippen LogP contribution in [0, 0.1) is 6.92 Å². The Balaban J connectivity index is 0.00000268. The van der Waals surface area contributed by atoms with E-state index in [1.807, 2.05) is 57.2 Å². The Hall–Kier alpha value is -6.83. The van der Waals surface area contributed by atoms with Crippen LogP contribution in [-0.2, 0) is 9.84 Å². The first-order valence-corrected chi connectivity index (χ1v) is 21.8. The Bertz CT molecular complexity index is 2610. The molecule has 1 atom stereocenters. The lowest BCUT2D eigenvalue weighted by atomic mass is 10.0. The molecule has 0 spiro atoms. The monoisotopic (exact) mass is 810 g/mol. The van der Waals surface area contributed by atoms with E-state index in [1.54, 1.807) is 43.5 Å². The van der Waals surface area contributed by atoms with Gasteiger partial charge in [0.2, 0.25) is 9.84 Å². The first-order chi connectivity index (χ1) is 29.4. The van der Waals surface area contributed by atoms with Crippen LogP contribution >= 0.6 is 0 Å². The van der Waals surface area contributed by atoms with E-state index in [1.165, 1.54) is 0 Å². The molecule has 0 aliphatic heterocycles. The molecular weight excluding hydrogens is 761 g/mol. The van der Waals surface area contributed by atoms with E-state index in [9.17, 15) is 8.42 Å². The van der Waals surface area contributed by atoms with E-state index < -0.39 is 9.84 Å². The van der Waals surface area contributed by atoms with Gasteiger partial charge in [0.15, 0.2) is 0 Å². The van der Waals surface area contributed by atoms with Gasteiger partial charge in [0, 0.05) is 40.6 Å². The average molecular weight is 811 g/mol. The molecule has 2 aliphatic carbocycles. The molecule has 6 nitrogen and oxygen atoms in total. The first kappa shape index (κ1) is 41.3. The van der Waals surface area contributed by atoms with Crippen LogP contribution in [0.1, 0.15) is 37.8 Å². The molecule has 0 saturated heterocycles. The second-order valence-electron chi connectivity index (χ2n) is 14.1. The molecule has 8 rings (SSSR count). The van der Waals surface area contributed by atoms with Gasteiger partial charge in [0.05, 0.1) is 16.9 Å². The van der Waals surface area contributed by atoms with E-state index >= 15 is 0 Å².